The number of hydrogen-bond donors (Lipinski definition) is 1. The zero-order chi connectivity index (χ0) is 24.5. The summed E-state index contributed by atoms with van der Waals surface area (Å²) >= 11 is 3.16. The molecule has 3 rings (SSSR count). The van der Waals surface area contributed by atoms with Crippen molar-refractivity contribution in [1.29, 1.82) is 0 Å². The fraction of sp³-hybridized carbons (Fsp3) is 0.320. The second-order valence-corrected chi connectivity index (χ2v) is 10.5. The number of nitrogens with zero attached hydrogens (tertiary/aromatic N) is 2. The van der Waals surface area contributed by atoms with Gasteiger partial charge in [-0.1, -0.05) is 18.2 Å². The molecule has 0 aliphatic carbocycles. The van der Waals surface area contributed by atoms with Gasteiger partial charge in [0.25, 0.3) is 0 Å². The summed E-state index contributed by atoms with van der Waals surface area (Å²) in [6, 6.07) is 15.9. The number of carbonyl (C=O) groups excluding carboxylic acids is 1. The maximum atomic E-state index is 13.5. The molecule has 34 heavy (non-hydrogen) atoms. The van der Waals surface area contributed by atoms with Crippen LogP contribution in [0.1, 0.15) is 28.7 Å². The highest BCUT2D eigenvalue weighted by atomic mass is 32.2. The number of halogens is 1. The minimum absolute atomic E-state index is 0.0281. The molecule has 180 valence electrons. The van der Waals surface area contributed by atoms with Crippen LogP contribution in [0.2, 0.25) is 0 Å². The summed E-state index contributed by atoms with van der Waals surface area (Å²) in [7, 11) is 3.46. The van der Waals surface area contributed by atoms with E-state index in [0.717, 1.165) is 10.9 Å². The largest absolute Gasteiger partial charge is 0.487 e. The van der Waals surface area contributed by atoms with Crippen LogP contribution >= 0.6 is 23.5 Å². The number of pyridine rings is 1. The summed E-state index contributed by atoms with van der Waals surface area (Å²) in [5.74, 6) is 0.650. The van der Waals surface area contributed by atoms with Gasteiger partial charge < -0.3 is 14.7 Å². The minimum Gasteiger partial charge on any atom is -0.487 e. The maximum absolute atomic E-state index is 13.5. The molecule has 0 aliphatic heterocycles. The first-order valence-corrected chi connectivity index (χ1v) is 12.8. The van der Waals surface area contributed by atoms with Gasteiger partial charge in [-0.2, -0.15) is 0 Å². The average molecular weight is 503 g/mol. The topological polar surface area (TPSA) is 79.7 Å². The number of carbonyl (C=O) groups is 2. The van der Waals surface area contributed by atoms with Crippen molar-refractivity contribution in [2.24, 2.45) is 0 Å². The van der Waals surface area contributed by atoms with Crippen LogP contribution in [0, 0.1) is 5.82 Å². The van der Waals surface area contributed by atoms with Gasteiger partial charge in [0.15, 0.2) is 0 Å². The quantitative estimate of drug-likeness (QED) is 0.334. The normalized spacial score (nSPS) is 11.9. The van der Waals surface area contributed by atoms with Crippen LogP contribution in [0.15, 0.2) is 54.6 Å². The van der Waals surface area contributed by atoms with E-state index in [1.165, 1.54) is 12.1 Å². The molecule has 0 bridgehead atoms. The highest BCUT2D eigenvalue weighted by molar-refractivity contribution is 8.16. The molecule has 1 aromatic heterocycles. The summed E-state index contributed by atoms with van der Waals surface area (Å²) in [5, 5.41) is 9.85. The molecule has 0 aliphatic rings. The van der Waals surface area contributed by atoms with Crippen LogP contribution in [0.5, 0.6) is 5.75 Å². The van der Waals surface area contributed by atoms with Gasteiger partial charge in [-0.15, -0.1) is 23.5 Å². The Balaban J connectivity index is 1.67. The van der Waals surface area contributed by atoms with Gasteiger partial charge in [0, 0.05) is 43.5 Å². The van der Waals surface area contributed by atoms with Gasteiger partial charge in [-0.25, -0.2) is 9.37 Å². The zero-order valence-corrected chi connectivity index (χ0v) is 20.7. The summed E-state index contributed by atoms with van der Waals surface area (Å²) in [6.45, 7) is 0.233. The van der Waals surface area contributed by atoms with E-state index < -0.39 is 5.97 Å². The molecule has 0 spiro atoms. The Kier molecular flexibility index (Phi) is 9.59. The lowest BCUT2D eigenvalue weighted by atomic mass is 10.2. The van der Waals surface area contributed by atoms with Crippen LogP contribution in [-0.2, 0) is 16.2 Å². The van der Waals surface area contributed by atoms with Crippen molar-refractivity contribution in [3.05, 3.63) is 71.7 Å². The molecule has 9 heteroatoms. The van der Waals surface area contributed by atoms with Crippen molar-refractivity contribution in [2.45, 2.75) is 24.0 Å². The Morgan fingerprint density at radius 2 is 1.79 bits per heavy atom. The number of aliphatic carboxylic acids is 1. The Morgan fingerprint density at radius 1 is 1.06 bits per heavy atom. The molecule has 0 saturated heterocycles. The standard InChI is InChI=1S/C25H27FN2O4S2/c1-28(2)23(29)10-12-33-25(34-13-11-24(30)31)18-4-3-5-21(14-18)32-16-20-9-7-17-6-8-19(26)15-22(17)27-20/h3-9,14-15,25H,10-13,16H2,1-2H3,(H,30,31). The van der Waals surface area contributed by atoms with Gasteiger partial charge in [0.05, 0.1) is 22.2 Å². The van der Waals surface area contributed by atoms with Gasteiger partial charge in [0.2, 0.25) is 5.91 Å². The predicted octanol–water partition coefficient (Wildman–Crippen LogP) is 5.37. The third-order valence-electron chi connectivity index (χ3n) is 4.90. The van der Waals surface area contributed by atoms with E-state index >= 15 is 0 Å². The van der Waals surface area contributed by atoms with Crippen molar-refractivity contribution in [3.63, 3.8) is 0 Å². The van der Waals surface area contributed by atoms with Crippen LogP contribution in [0.3, 0.4) is 0 Å². The molecule has 0 radical (unpaired) electrons. The number of hydrogen-bond acceptors (Lipinski definition) is 6. The number of amides is 1. The fourth-order valence-electron chi connectivity index (χ4n) is 3.09. The summed E-state index contributed by atoms with van der Waals surface area (Å²) in [5.41, 5.74) is 2.25. The maximum Gasteiger partial charge on any atom is 0.304 e. The van der Waals surface area contributed by atoms with E-state index in [2.05, 4.69) is 4.98 Å². The van der Waals surface area contributed by atoms with Crippen LogP contribution < -0.4 is 4.74 Å². The number of rotatable bonds is 12. The molecule has 0 saturated carbocycles. The summed E-state index contributed by atoms with van der Waals surface area (Å²) in [4.78, 5) is 28.9. The Labute approximate surface area is 206 Å². The first kappa shape index (κ1) is 25.8. The number of benzene rings is 2. The average Bonchev–Trinajstić information content (AvgIpc) is 2.81. The molecular formula is C25H27FN2O4S2. The molecule has 1 amide bonds. The van der Waals surface area contributed by atoms with Gasteiger partial charge in [-0.05, 0) is 35.9 Å². The van der Waals surface area contributed by atoms with Crippen molar-refractivity contribution in [2.75, 3.05) is 25.6 Å². The molecule has 6 nitrogen and oxygen atoms in total. The molecule has 2 aromatic carbocycles. The Hall–Kier alpha value is -2.78. The fourth-order valence-corrected chi connectivity index (χ4v) is 5.75. The van der Waals surface area contributed by atoms with E-state index in [0.29, 0.717) is 34.9 Å². The van der Waals surface area contributed by atoms with E-state index in [1.54, 1.807) is 48.6 Å². The molecule has 1 unspecified atom stereocenters. The third kappa shape index (κ3) is 7.92. The number of ether oxygens (including phenoxy) is 1. The number of carboxylic acids is 1. The highest BCUT2D eigenvalue weighted by Crippen LogP contribution is 2.41. The predicted molar refractivity (Wildman–Crippen MR) is 136 cm³/mol. The molecular weight excluding hydrogens is 475 g/mol. The molecule has 1 heterocycles. The minimum atomic E-state index is -0.834. The lowest BCUT2D eigenvalue weighted by molar-refractivity contribution is -0.136. The Bertz CT molecular complexity index is 1140. The smallest absolute Gasteiger partial charge is 0.304 e. The lowest BCUT2D eigenvalue weighted by Crippen LogP contribution is -2.21. The first-order chi connectivity index (χ1) is 16.3. The van der Waals surface area contributed by atoms with Gasteiger partial charge in [0.1, 0.15) is 18.2 Å². The van der Waals surface area contributed by atoms with Crippen LogP contribution in [-0.4, -0.2) is 52.5 Å². The van der Waals surface area contributed by atoms with E-state index in [4.69, 9.17) is 9.84 Å². The first-order valence-electron chi connectivity index (χ1n) is 10.7. The summed E-state index contributed by atoms with van der Waals surface area (Å²) in [6.07, 6.45) is 0.487. The SMILES string of the molecule is CN(C)C(=O)CCSC(SCCC(=O)O)c1cccc(OCc2ccc3ccc(F)cc3n2)c1. The van der Waals surface area contributed by atoms with Crippen LogP contribution in [0.25, 0.3) is 10.9 Å². The molecule has 3 aromatic rings. The summed E-state index contributed by atoms with van der Waals surface area (Å²) < 4.78 is 19.4. The molecule has 1 N–H and O–H groups in total. The molecule has 1 atom stereocenters. The van der Waals surface area contributed by atoms with Crippen molar-refractivity contribution >= 4 is 46.3 Å². The number of carboxylic acid groups (broad SMARTS) is 1. The van der Waals surface area contributed by atoms with E-state index in [-0.39, 0.29) is 29.3 Å². The van der Waals surface area contributed by atoms with Gasteiger partial charge in [-0.3, -0.25) is 9.59 Å². The second-order valence-electron chi connectivity index (χ2n) is 7.76. The highest BCUT2D eigenvalue weighted by Gasteiger charge is 2.16. The third-order valence-corrected chi connectivity index (χ3v) is 7.74. The van der Waals surface area contributed by atoms with E-state index in [9.17, 15) is 14.0 Å². The number of aromatic nitrogens is 1. The monoisotopic (exact) mass is 502 g/mol. The second kappa shape index (κ2) is 12.6. The number of fused-ring (bicyclic) bond motifs is 1. The molecule has 0 fully saturated rings. The van der Waals surface area contributed by atoms with Crippen molar-refractivity contribution < 1.29 is 23.8 Å². The van der Waals surface area contributed by atoms with Gasteiger partial charge >= 0.3 is 5.97 Å². The lowest BCUT2D eigenvalue weighted by Gasteiger charge is -2.18. The zero-order valence-electron chi connectivity index (χ0n) is 19.1. The Morgan fingerprint density at radius 3 is 2.53 bits per heavy atom. The van der Waals surface area contributed by atoms with Crippen molar-refractivity contribution in [3.8, 4) is 5.75 Å². The number of thioether (sulfide) groups is 2. The van der Waals surface area contributed by atoms with Crippen molar-refractivity contribution in [1.82, 2.24) is 9.88 Å². The van der Waals surface area contributed by atoms with E-state index in [1.807, 2.05) is 36.4 Å². The van der Waals surface area contributed by atoms with Crippen LogP contribution in [0.4, 0.5) is 4.39 Å².